The summed E-state index contributed by atoms with van der Waals surface area (Å²) in [6.07, 6.45) is 0. The maximum absolute atomic E-state index is 2.46. The number of benzene rings is 9. The van der Waals surface area contributed by atoms with Gasteiger partial charge in [0.05, 0.1) is 22.4 Å². The third-order valence-corrected chi connectivity index (χ3v) is 10.6. The van der Waals surface area contributed by atoms with Crippen molar-refractivity contribution in [1.29, 1.82) is 0 Å². The number of rotatable bonds is 7. The molecule has 0 amide bonds. The van der Waals surface area contributed by atoms with Crippen molar-refractivity contribution in [2.45, 2.75) is 0 Å². The number of nitrogens with zero attached hydrogens (tertiary/aromatic N) is 2. The molecule has 10 aromatic rings. The van der Waals surface area contributed by atoms with E-state index in [1.165, 1.54) is 66.0 Å². The molecule has 1 heterocycles. The van der Waals surface area contributed by atoms with Gasteiger partial charge in [-0.25, -0.2) is 0 Å². The van der Waals surface area contributed by atoms with Gasteiger partial charge in [0, 0.05) is 33.1 Å². The molecule has 0 saturated heterocycles. The molecule has 0 aliphatic rings. The quantitative estimate of drug-likeness (QED) is 0.162. The van der Waals surface area contributed by atoms with Gasteiger partial charge in [-0.05, 0) is 75.7 Å². The van der Waals surface area contributed by atoms with Crippen molar-refractivity contribution in [3.8, 4) is 39.1 Å². The number of fused-ring (bicyclic) bond motifs is 4. The fraction of sp³-hybridized carbons (Fsp3) is 0. The monoisotopic (exact) mass is 688 g/mol. The molecule has 0 radical (unpaired) electrons. The molecule has 0 spiro atoms. The van der Waals surface area contributed by atoms with Crippen LogP contribution in [0.5, 0.6) is 0 Å². The van der Waals surface area contributed by atoms with Crippen LogP contribution in [0.3, 0.4) is 0 Å². The summed E-state index contributed by atoms with van der Waals surface area (Å²) >= 11 is 0. The van der Waals surface area contributed by atoms with Gasteiger partial charge in [-0.2, -0.15) is 0 Å². The van der Waals surface area contributed by atoms with E-state index in [1.54, 1.807) is 0 Å². The summed E-state index contributed by atoms with van der Waals surface area (Å²) < 4.78 is 2.40. The zero-order valence-corrected chi connectivity index (χ0v) is 29.7. The van der Waals surface area contributed by atoms with Crippen LogP contribution in [-0.4, -0.2) is 4.57 Å². The van der Waals surface area contributed by atoms with Crippen LogP contribution in [0.25, 0.3) is 71.6 Å². The molecule has 1 aromatic heterocycles. The smallest absolute Gasteiger partial charge is 0.0561 e. The largest absolute Gasteiger partial charge is 0.309 e. The Morgan fingerprint density at radius 3 is 1.59 bits per heavy atom. The fourth-order valence-electron chi connectivity index (χ4n) is 8.09. The van der Waals surface area contributed by atoms with Crippen molar-refractivity contribution in [3.05, 3.63) is 218 Å². The first-order chi connectivity index (χ1) is 26.8. The summed E-state index contributed by atoms with van der Waals surface area (Å²) in [6, 6.07) is 78.9. The van der Waals surface area contributed by atoms with E-state index < -0.39 is 0 Å². The Kier molecular flexibility index (Phi) is 7.85. The summed E-state index contributed by atoms with van der Waals surface area (Å²) in [5, 5.41) is 4.87. The number of hydrogen-bond donors (Lipinski definition) is 0. The SMILES string of the molecule is c1ccc(-c2ccc(-c3ccc(N(c4ccc5c6ccccc6n(-c6ccccc6)c5c4)c4ccccc4-c4ccccc4)c4ccccc34)cc2)cc1. The Balaban J connectivity index is 1.21. The van der Waals surface area contributed by atoms with E-state index in [-0.39, 0.29) is 0 Å². The molecule has 0 saturated carbocycles. The van der Waals surface area contributed by atoms with Crippen molar-refractivity contribution < 1.29 is 0 Å². The summed E-state index contributed by atoms with van der Waals surface area (Å²) in [7, 11) is 0. The first-order valence-electron chi connectivity index (χ1n) is 18.5. The van der Waals surface area contributed by atoms with Crippen molar-refractivity contribution in [1.82, 2.24) is 4.57 Å². The fourth-order valence-corrected chi connectivity index (χ4v) is 8.09. The van der Waals surface area contributed by atoms with Gasteiger partial charge in [0.25, 0.3) is 0 Å². The highest BCUT2D eigenvalue weighted by atomic mass is 15.1. The Labute approximate surface area is 315 Å². The van der Waals surface area contributed by atoms with E-state index in [4.69, 9.17) is 0 Å². The van der Waals surface area contributed by atoms with E-state index in [0.717, 1.165) is 22.7 Å². The van der Waals surface area contributed by atoms with Crippen LogP contribution >= 0.6 is 0 Å². The van der Waals surface area contributed by atoms with Gasteiger partial charge in [0.15, 0.2) is 0 Å². The van der Waals surface area contributed by atoms with Crippen LogP contribution in [0.4, 0.5) is 17.1 Å². The zero-order valence-electron chi connectivity index (χ0n) is 29.7. The van der Waals surface area contributed by atoms with Gasteiger partial charge in [-0.3, -0.25) is 0 Å². The summed E-state index contributed by atoms with van der Waals surface area (Å²) in [6.45, 7) is 0. The average Bonchev–Trinajstić information content (AvgIpc) is 3.59. The third-order valence-electron chi connectivity index (χ3n) is 10.6. The van der Waals surface area contributed by atoms with Gasteiger partial charge >= 0.3 is 0 Å². The van der Waals surface area contributed by atoms with Gasteiger partial charge in [0.2, 0.25) is 0 Å². The second kappa shape index (κ2) is 13.4. The first-order valence-corrected chi connectivity index (χ1v) is 18.5. The second-order valence-electron chi connectivity index (χ2n) is 13.7. The lowest BCUT2D eigenvalue weighted by molar-refractivity contribution is 1.18. The molecular weight excluding hydrogens is 653 g/mol. The van der Waals surface area contributed by atoms with Crippen LogP contribution in [0.2, 0.25) is 0 Å². The van der Waals surface area contributed by atoms with Crippen LogP contribution in [0, 0.1) is 0 Å². The topological polar surface area (TPSA) is 8.17 Å². The van der Waals surface area contributed by atoms with Crippen molar-refractivity contribution >= 4 is 49.6 Å². The number of para-hydroxylation sites is 3. The molecule has 0 bridgehead atoms. The van der Waals surface area contributed by atoms with E-state index in [2.05, 4.69) is 228 Å². The van der Waals surface area contributed by atoms with Crippen LogP contribution in [0.1, 0.15) is 0 Å². The van der Waals surface area contributed by atoms with Crippen molar-refractivity contribution in [2.75, 3.05) is 4.90 Å². The van der Waals surface area contributed by atoms with Gasteiger partial charge in [0.1, 0.15) is 0 Å². The predicted molar refractivity (Wildman–Crippen MR) is 229 cm³/mol. The Hall–Kier alpha value is -7.16. The first kappa shape index (κ1) is 31.6. The van der Waals surface area contributed by atoms with E-state index in [1.807, 2.05) is 0 Å². The molecular formula is C52H36N2. The minimum Gasteiger partial charge on any atom is -0.309 e. The summed E-state index contributed by atoms with van der Waals surface area (Å²) in [5.74, 6) is 0. The third kappa shape index (κ3) is 5.44. The number of hydrogen-bond acceptors (Lipinski definition) is 1. The second-order valence-corrected chi connectivity index (χ2v) is 13.7. The summed E-state index contributed by atoms with van der Waals surface area (Å²) in [5.41, 5.74) is 14.0. The Morgan fingerprint density at radius 1 is 0.296 bits per heavy atom. The minimum atomic E-state index is 1.09. The van der Waals surface area contributed by atoms with Gasteiger partial charge in [-0.15, -0.1) is 0 Å². The molecule has 0 atom stereocenters. The normalized spacial score (nSPS) is 11.3. The average molecular weight is 689 g/mol. The van der Waals surface area contributed by atoms with Gasteiger partial charge in [-0.1, -0.05) is 176 Å². The lowest BCUT2D eigenvalue weighted by Gasteiger charge is -2.30. The highest BCUT2D eigenvalue weighted by molar-refractivity contribution is 6.12. The molecule has 0 unspecified atom stereocenters. The highest BCUT2D eigenvalue weighted by Crippen LogP contribution is 2.46. The Morgan fingerprint density at radius 2 is 0.833 bits per heavy atom. The van der Waals surface area contributed by atoms with Crippen LogP contribution in [-0.2, 0) is 0 Å². The van der Waals surface area contributed by atoms with Crippen LogP contribution < -0.4 is 4.90 Å². The zero-order chi connectivity index (χ0) is 35.8. The molecule has 254 valence electrons. The molecule has 54 heavy (non-hydrogen) atoms. The minimum absolute atomic E-state index is 1.09. The van der Waals surface area contributed by atoms with E-state index >= 15 is 0 Å². The molecule has 9 aromatic carbocycles. The molecule has 0 aliphatic heterocycles. The lowest BCUT2D eigenvalue weighted by atomic mass is 9.94. The van der Waals surface area contributed by atoms with Crippen molar-refractivity contribution in [3.63, 3.8) is 0 Å². The standard InChI is InChI=1S/C52H36N2/c1-4-16-37(17-5-1)38-28-30-40(31-29-38)43-34-35-51(46-24-11-10-23-45(43)46)54(49-26-14-12-22-44(49)39-18-6-2-7-19-39)42-32-33-48-47-25-13-15-27-50(47)53(52(48)36-42)41-20-8-3-9-21-41/h1-36H. The lowest BCUT2D eigenvalue weighted by Crippen LogP contribution is -2.12. The van der Waals surface area contributed by atoms with E-state index in [9.17, 15) is 0 Å². The highest BCUT2D eigenvalue weighted by Gasteiger charge is 2.22. The molecule has 0 aliphatic carbocycles. The Bertz CT molecular complexity index is 2910. The van der Waals surface area contributed by atoms with Gasteiger partial charge < -0.3 is 9.47 Å². The van der Waals surface area contributed by atoms with E-state index in [0.29, 0.717) is 0 Å². The number of aromatic nitrogens is 1. The van der Waals surface area contributed by atoms with Crippen molar-refractivity contribution in [2.24, 2.45) is 0 Å². The molecule has 10 rings (SSSR count). The molecule has 2 heteroatoms. The maximum Gasteiger partial charge on any atom is 0.0561 e. The molecule has 2 nitrogen and oxygen atoms in total. The molecule has 0 fully saturated rings. The van der Waals surface area contributed by atoms with Crippen LogP contribution in [0.15, 0.2) is 218 Å². The number of anilines is 3. The predicted octanol–water partition coefficient (Wildman–Crippen LogP) is 14.4. The summed E-state index contributed by atoms with van der Waals surface area (Å²) in [4.78, 5) is 2.46. The maximum atomic E-state index is 2.46. The molecule has 0 N–H and O–H groups in total.